The summed E-state index contributed by atoms with van der Waals surface area (Å²) in [6.07, 6.45) is 5.45. The van der Waals surface area contributed by atoms with Crippen molar-refractivity contribution in [3.63, 3.8) is 0 Å². The van der Waals surface area contributed by atoms with E-state index in [0.717, 1.165) is 0 Å². The average molecular weight is 245 g/mol. The molecule has 0 spiro atoms. The monoisotopic (exact) mass is 245 g/mol. The van der Waals surface area contributed by atoms with Gasteiger partial charge in [-0.05, 0) is 18.2 Å². The third-order valence-corrected chi connectivity index (χ3v) is 2.62. The fourth-order valence-corrected chi connectivity index (χ4v) is 1.77. The number of hydrogen-bond donors (Lipinski definition) is 1. The predicted molar refractivity (Wildman–Crippen MR) is 64.7 cm³/mol. The van der Waals surface area contributed by atoms with E-state index in [0.29, 0.717) is 11.4 Å². The predicted octanol–water partition coefficient (Wildman–Crippen LogP) is 1.13. The van der Waals surface area contributed by atoms with E-state index in [9.17, 15) is 9.59 Å². The van der Waals surface area contributed by atoms with E-state index >= 15 is 0 Å². The van der Waals surface area contributed by atoms with E-state index < -0.39 is 5.97 Å². The van der Waals surface area contributed by atoms with Crippen molar-refractivity contribution in [1.29, 1.82) is 0 Å². The first-order chi connectivity index (χ1) is 8.63. The van der Waals surface area contributed by atoms with Crippen LogP contribution in [0.3, 0.4) is 0 Å². The molecule has 0 bridgehead atoms. The van der Waals surface area contributed by atoms with Crippen molar-refractivity contribution in [2.45, 2.75) is 6.42 Å². The lowest BCUT2D eigenvalue weighted by Gasteiger charge is -2.19. The first kappa shape index (κ1) is 12.0. The number of carbonyl (C=O) groups is 2. The summed E-state index contributed by atoms with van der Waals surface area (Å²) in [6, 6.07) is 4.38. The fourth-order valence-electron chi connectivity index (χ4n) is 1.77. The van der Waals surface area contributed by atoms with Gasteiger partial charge < -0.3 is 9.84 Å². The Hall–Kier alpha value is -2.48. The average Bonchev–Trinajstić information content (AvgIpc) is 2.50. The maximum Gasteiger partial charge on any atom is 0.335 e. The van der Waals surface area contributed by atoms with Gasteiger partial charge in [0.25, 0.3) is 0 Å². The number of nitrogens with zero attached hydrogens (tertiary/aromatic N) is 1. The van der Waals surface area contributed by atoms with Crippen molar-refractivity contribution in [1.82, 2.24) is 0 Å². The molecule has 5 nitrogen and oxygen atoms in total. The number of ether oxygens (including phenoxy) is 1. The van der Waals surface area contributed by atoms with Gasteiger partial charge in [-0.3, -0.25) is 9.69 Å². The Kier molecular flexibility index (Phi) is 3.20. The van der Waals surface area contributed by atoms with Crippen molar-refractivity contribution in [3.8, 4) is 18.1 Å². The van der Waals surface area contributed by atoms with Crippen molar-refractivity contribution >= 4 is 17.6 Å². The molecule has 0 aliphatic carbocycles. The van der Waals surface area contributed by atoms with Gasteiger partial charge in [0.1, 0.15) is 5.75 Å². The minimum atomic E-state index is -1.06. The van der Waals surface area contributed by atoms with Gasteiger partial charge in [-0.25, -0.2) is 4.79 Å². The Labute approximate surface area is 104 Å². The number of rotatable bonds is 2. The highest BCUT2D eigenvalue weighted by Gasteiger charge is 2.23. The van der Waals surface area contributed by atoms with E-state index in [1.807, 2.05) is 0 Å². The summed E-state index contributed by atoms with van der Waals surface area (Å²) in [5, 5.41) is 8.95. The highest BCUT2D eigenvalue weighted by Crippen LogP contribution is 2.32. The van der Waals surface area contributed by atoms with Gasteiger partial charge >= 0.3 is 5.97 Å². The third kappa shape index (κ3) is 2.13. The Morgan fingerprint density at radius 2 is 2.33 bits per heavy atom. The fraction of sp³-hybridized carbons (Fsp3) is 0.231. The Bertz CT molecular complexity index is 544. The highest BCUT2D eigenvalue weighted by atomic mass is 16.5. The molecule has 1 aliphatic heterocycles. The summed E-state index contributed by atoms with van der Waals surface area (Å²) in [5.41, 5.74) is 0.504. The quantitative estimate of drug-likeness (QED) is 0.793. The number of amides is 1. The van der Waals surface area contributed by atoms with Crippen LogP contribution in [-0.2, 0) is 4.79 Å². The molecule has 1 aliphatic rings. The van der Waals surface area contributed by atoms with Gasteiger partial charge in [-0.15, -0.1) is 6.42 Å². The molecule has 5 heteroatoms. The second-order valence-corrected chi connectivity index (χ2v) is 3.77. The summed E-state index contributed by atoms with van der Waals surface area (Å²) in [6.45, 7) is 0.359. The zero-order chi connectivity index (χ0) is 13.1. The van der Waals surface area contributed by atoms with Crippen LogP contribution in [0.1, 0.15) is 16.8 Å². The smallest absolute Gasteiger partial charge is 0.335 e. The molecular formula is C13H11NO4. The molecule has 0 radical (unpaired) electrons. The number of carbonyl (C=O) groups excluding carboxylic acids is 1. The number of terminal acetylenes is 1. The van der Waals surface area contributed by atoms with Crippen LogP contribution in [0.25, 0.3) is 0 Å². The van der Waals surface area contributed by atoms with Crippen molar-refractivity contribution in [2.24, 2.45) is 0 Å². The molecule has 18 heavy (non-hydrogen) atoms. The molecule has 1 aromatic rings. The summed E-state index contributed by atoms with van der Waals surface area (Å²) >= 11 is 0. The number of carboxylic acids is 1. The molecule has 2 rings (SSSR count). The molecule has 1 heterocycles. The van der Waals surface area contributed by atoms with E-state index in [4.69, 9.17) is 16.3 Å². The summed E-state index contributed by atoms with van der Waals surface area (Å²) in [4.78, 5) is 24.2. The van der Waals surface area contributed by atoms with Gasteiger partial charge in [0, 0.05) is 0 Å². The number of carboxylic acid groups (broad SMARTS) is 1. The zero-order valence-electron chi connectivity index (χ0n) is 9.55. The summed E-state index contributed by atoms with van der Waals surface area (Å²) in [7, 11) is 0. The molecule has 0 saturated carbocycles. The van der Waals surface area contributed by atoms with Crippen LogP contribution in [0.15, 0.2) is 18.2 Å². The lowest BCUT2D eigenvalue weighted by atomic mass is 10.1. The van der Waals surface area contributed by atoms with Crippen molar-refractivity contribution in [2.75, 3.05) is 18.1 Å². The minimum Gasteiger partial charge on any atom is -0.491 e. The van der Waals surface area contributed by atoms with Gasteiger partial charge in [0.05, 0.1) is 30.8 Å². The maximum absolute atomic E-state index is 11.9. The Morgan fingerprint density at radius 3 is 3.00 bits per heavy atom. The molecule has 0 aromatic heterocycles. The van der Waals surface area contributed by atoms with Gasteiger partial charge in [0.2, 0.25) is 5.91 Å². The number of hydrogen-bond acceptors (Lipinski definition) is 3. The Morgan fingerprint density at radius 1 is 1.56 bits per heavy atom. The van der Waals surface area contributed by atoms with Crippen molar-refractivity contribution in [3.05, 3.63) is 23.8 Å². The maximum atomic E-state index is 11.9. The number of benzene rings is 1. The largest absolute Gasteiger partial charge is 0.491 e. The summed E-state index contributed by atoms with van der Waals surface area (Å²) in [5.74, 6) is 1.63. The van der Waals surface area contributed by atoms with Crippen LogP contribution in [0, 0.1) is 12.3 Å². The van der Waals surface area contributed by atoms with Crippen LogP contribution in [0.5, 0.6) is 5.75 Å². The molecule has 1 N–H and O–H groups in total. The van der Waals surface area contributed by atoms with E-state index in [2.05, 4.69) is 5.92 Å². The van der Waals surface area contributed by atoms with Crippen LogP contribution in [0.4, 0.5) is 5.69 Å². The second-order valence-electron chi connectivity index (χ2n) is 3.77. The topological polar surface area (TPSA) is 66.8 Å². The van der Waals surface area contributed by atoms with Gasteiger partial charge in [0.15, 0.2) is 0 Å². The molecule has 92 valence electrons. The molecular weight excluding hydrogens is 234 g/mol. The lowest BCUT2D eigenvalue weighted by molar-refractivity contribution is -0.118. The molecule has 0 unspecified atom stereocenters. The third-order valence-electron chi connectivity index (χ3n) is 2.62. The van der Waals surface area contributed by atoms with Gasteiger partial charge in [-0.1, -0.05) is 5.92 Å². The SMILES string of the molecule is C#CCN1C(=O)CCOc2ccc(C(=O)O)cc21. The molecule has 0 atom stereocenters. The van der Waals surface area contributed by atoms with Crippen LogP contribution < -0.4 is 9.64 Å². The van der Waals surface area contributed by atoms with Crippen LogP contribution >= 0.6 is 0 Å². The number of anilines is 1. The second kappa shape index (κ2) is 4.80. The molecule has 1 amide bonds. The number of fused-ring (bicyclic) bond motifs is 1. The van der Waals surface area contributed by atoms with Gasteiger partial charge in [-0.2, -0.15) is 0 Å². The zero-order valence-corrected chi connectivity index (χ0v) is 9.55. The minimum absolute atomic E-state index is 0.0917. The molecule has 0 saturated heterocycles. The first-order valence-electron chi connectivity index (χ1n) is 5.37. The number of aromatic carboxylic acids is 1. The van der Waals surface area contributed by atoms with E-state index in [1.165, 1.54) is 17.0 Å². The van der Waals surface area contributed by atoms with Crippen molar-refractivity contribution < 1.29 is 19.4 Å². The summed E-state index contributed by atoms with van der Waals surface area (Å²) < 4.78 is 5.41. The molecule has 1 aromatic carbocycles. The highest BCUT2D eigenvalue weighted by molar-refractivity contribution is 5.98. The van der Waals surface area contributed by atoms with Crippen LogP contribution in [0.2, 0.25) is 0 Å². The normalized spacial score (nSPS) is 14.2. The van der Waals surface area contributed by atoms with Crippen LogP contribution in [-0.4, -0.2) is 30.1 Å². The Balaban J connectivity index is 2.51. The standard InChI is InChI=1S/C13H11NO4/c1-2-6-14-10-8-9(13(16)17)3-4-11(10)18-7-5-12(14)15/h1,3-4,8H,5-7H2,(H,16,17). The lowest BCUT2D eigenvalue weighted by Crippen LogP contribution is -2.30. The first-order valence-corrected chi connectivity index (χ1v) is 5.37. The molecule has 0 fully saturated rings. The van der Waals surface area contributed by atoms with E-state index in [-0.39, 0.29) is 31.0 Å². The van der Waals surface area contributed by atoms with E-state index in [1.54, 1.807) is 6.07 Å².